The van der Waals surface area contributed by atoms with Crippen molar-refractivity contribution in [3.05, 3.63) is 39.8 Å². The Labute approximate surface area is 96.0 Å². The lowest BCUT2D eigenvalue weighted by atomic mass is 9.90. The number of hydrogen-bond donors (Lipinski definition) is 1. The lowest BCUT2D eigenvalue weighted by molar-refractivity contribution is 0.728. The zero-order valence-corrected chi connectivity index (χ0v) is 9.72. The fourth-order valence-corrected chi connectivity index (χ4v) is 3.01. The molecule has 2 aliphatic rings. The predicted octanol–water partition coefficient (Wildman–Crippen LogP) is 1.90. The molecule has 0 fully saturated rings. The highest BCUT2D eigenvalue weighted by molar-refractivity contribution is 5.88. The van der Waals surface area contributed by atoms with E-state index in [4.69, 9.17) is 5.73 Å². The number of nitrogens with two attached hydrogens (primary N) is 1. The first kappa shape index (κ1) is 9.71. The van der Waals surface area contributed by atoms with Crippen LogP contribution in [0, 0.1) is 0 Å². The monoisotopic (exact) mass is 211 g/mol. The quantitative estimate of drug-likeness (QED) is 0.697. The molecular formula is C15H17N. The van der Waals surface area contributed by atoms with Gasteiger partial charge >= 0.3 is 0 Å². The number of rotatable bonds is 0. The molecule has 0 amide bonds. The van der Waals surface area contributed by atoms with Gasteiger partial charge in [-0.1, -0.05) is 24.3 Å². The third-order valence-electron chi connectivity index (χ3n) is 3.80. The van der Waals surface area contributed by atoms with E-state index < -0.39 is 0 Å². The van der Waals surface area contributed by atoms with Gasteiger partial charge in [0, 0.05) is 10.9 Å². The minimum atomic E-state index is 1.04. The van der Waals surface area contributed by atoms with Crippen LogP contribution in [0.3, 0.4) is 0 Å². The Morgan fingerprint density at radius 3 is 2.62 bits per heavy atom. The van der Waals surface area contributed by atoms with E-state index >= 15 is 0 Å². The zero-order valence-electron chi connectivity index (χ0n) is 9.72. The van der Waals surface area contributed by atoms with Crippen LogP contribution in [0.5, 0.6) is 0 Å². The van der Waals surface area contributed by atoms with Gasteiger partial charge in [-0.25, -0.2) is 0 Å². The third kappa shape index (κ3) is 1.18. The van der Waals surface area contributed by atoms with E-state index in [0.29, 0.717) is 0 Å². The first-order valence-corrected chi connectivity index (χ1v) is 6.11. The van der Waals surface area contributed by atoms with Crippen LogP contribution in [0.4, 0.5) is 0 Å². The van der Waals surface area contributed by atoms with E-state index in [1.54, 1.807) is 0 Å². The van der Waals surface area contributed by atoms with Crippen LogP contribution in [0.1, 0.15) is 38.2 Å². The summed E-state index contributed by atoms with van der Waals surface area (Å²) < 4.78 is 0. The summed E-state index contributed by atoms with van der Waals surface area (Å²) in [7, 11) is 0. The Hall–Kier alpha value is -1.50. The van der Waals surface area contributed by atoms with E-state index in [9.17, 15) is 0 Å². The number of benzene rings is 1. The molecule has 1 nitrogen and oxygen atoms in total. The molecule has 2 aliphatic carbocycles. The van der Waals surface area contributed by atoms with E-state index in [1.807, 2.05) is 0 Å². The second-order valence-corrected chi connectivity index (χ2v) is 4.64. The molecule has 16 heavy (non-hydrogen) atoms. The molecule has 0 aromatic heterocycles. The molecule has 0 unspecified atom stereocenters. The fraction of sp³-hybridized carbons (Fsp3) is 0.333. The van der Waals surface area contributed by atoms with Crippen LogP contribution >= 0.6 is 0 Å². The van der Waals surface area contributed by atoms with E-state index in [2.05, 4.69) is 31.2 Å². The number of allylic oxidation sites excluding steroid dienone is 1. The molecule has 3 rings (SSSR count). The van der Waals surface area contributed by atoms with Crippen molar-refractivity contribution in [3.8, 4) is 0 Å². The van der Waals surface area contributed by atoms with Gasteiger partial charge in [0.25, 0.3) is 0 Å². The van der Waals surface area contributed by atoms with Gasteiger partial charge in [0.15, 0.2) is 0 Å². The average Bonchev–Trinajstić information content (AvgIpc) is 2.64. The van der Waals surface area contributed by atoms with Crippen molar-refractivity contribution in [1.29, 1.82) is 0 Å². The first-order chi connectivity index (χ1) is 7.83. The highest BCUT2D eigenvalue weighted by atomic mass is 14.6. The second kappa shape index (κ2) is 3.51. The van der Waals surface area contributed by atoms with Crippen molar-refractivity contribution in [1.82, 2.24) is 0 Å². The Bertz CT molecular complexity index is 590. The molecule has 0 saturated carbocycles. The van der Waals surface area contributed by atoms with Crippen molar-refractivity contribution < 1.29 is 0 Å². The Morgan fingerprint density at radius 2 is 1.88 bits per heavy atom. The maximum Gasteiger partial charge on any atom is 0.0435 e. The molecule has 0 aliphatic heterocycles. The normalized spacial score (nSPS) is 20.1. The van der Waals surface area contributed by atoms with Crippen LogP contribution in [0.25, 0.3) is 17.3 Å². The van der Waals surface area contributed by atoms with Gasteiger partial charge in [0.05, 0.1) is 0 Å². The summed E-state index contributed by atoms with van der Waals surface area (Å²) in [6.45, 7) is 2.08. The molecule has 0 bridgehead atoms. The van der Waals surface area contributed by atoms with Crippen molar-refractivity contribution >= 4 is 17.3 Å². The molecule has 2 N–H and O–H groups in total. The standard InChI is InChI=1S/C15H17N/c1-2-10-6-5-9-12-11-7-3-4-8-13(11)15(16)14(10)12/h2,5-6,9H,3-4,7-8,16H2,1H3/b10-2-. The van der Waals surface area contributed by atoms with Gasteiger partial charge < -0.3 is 5.73 Å². The molecule has 1 aromatic carbocycles. The molecule has 0 radical (unpaired) electrons. The summed E-state index contributed by atoms with van der Waals surface area (Å²) in [6, 6.07) is 6.53. The van der Waals surface area contributed by atoms with E-state index in [0.717, 1.165) is 5.70 Å². The average molecular weight is 211 g/mol. The Balaban J connectivity index is 2.39. The van der Waals surface area contributed by atoms with Gasteiger partial charge in [-0.15, -0.1) is 0 Å². The summed E-state index contributed by atoms with van der Waals surface area (Å²) in [5.74, 6) is 0. The lowest BCUT2D eigenvalue weighted by Crippen LogP contribution is -2.30. The highest BCUT2D eigenvalue weighted by Crippen LogP contribution is 2.36. The summed E-state index contributed by atoms with van der Waals surface area (Å²) >= 11 is 0. The second-order valence-electron chi connectivity index (χ2n) is 4.64. The van der Waals surface area contributed by atoms with Crippen LogP contribution in [-0.2, 0) is 0 Å². The maximum absolute atomic E-state index is 6.32. The van der Waals surface area contributed by atoms with Gasteiger partial charge in [-0.3, -0.25) is 0 Å². The van der Waals surface area contributed by atoms with Crippen LogP contribution < -0.4 is 16.2 Å². The molecule has 0 atom stereocenters. The molecule has 0 heterocycles. The summed E-state index contributed by atoms with van der Waals surface area (Å²) in [5.41, 5.74) is 11.7. The molecule has 0 spiro atoms. The molecule has 1 aromatic rings. The number of fused-ring (bicyclic) bond motifs is 2. The third-order valence-corrected chi connectivity index (χ3v) is 3.80. The SMILES string of the molecule is C/C=c1/cccc2c1=C(N)C1=C2CCCC1. The smallest absolute Gasteiger partial charge is 0.0435 e. The lowest BCUT2D eigenvalue weighted by Gasteiger charge is -2.15. The minimum Gasteiger partial charge on any atom is -0.398 e. The van der Waals surface area contributed by atoms with E-state index in [-0.39, 0.29) is 0 Å². The summed E-state index contributed by atoms with van der Waals surface area (Å²) in [5, 5.41) is 2.57. The summed E-state index contributed by atoms with van der Waals surface area (Å²) in [4.78, 5) is 0. The van der Waals surface area contributed by atoms with Gasteiger partial charge in [-0.05, 0) is 54.5 Å². The van der Waals surface area contributed by atoms with Crippen molar-refractivity contribution in [2.45, 2.75) is 32.6 Å². The predicted molar refractivity (Wildman–Crippen MR) is 68.8 cm³/mol. The largest absolute Gasteiger partial charge is 0.398 e. The topological polar surface area (TPSA) is 26.0 Å². The molecule has 1 heteroatoms. The van der Waals surface area contributed by atoms with Gasteiger partial charge in [0.2, 0.25) is 0 Å². The van der Waals surface area contributed by atoms with Crippen molar-refractivity contribution in [3.63, 3.8) is 0 Å². The fourth-order valence-electron chi connectivity index (χ4n) is 3.01. The Morgan fingerprint density at radius 1 is 1.12 bits per heavy atom. The summed E-state index contributed by atoms with van der Waals surface area (Å²) in [6.07, 6.45) is 7.13. The van der Waals surface area contributed by atoms with Gasteiger partial charge in [-0.2, -0.15) is 0 Å². The van der Waals surface area contributed by atoms with Crippen LogP contribution in [0.2, 0.25) is 0 Å². The first-order valence-electron chi connectivity index (χ1n) is 6.11. The zero-order chi connectivity index (χ0) is 11.1. The molecule has 0 saturated heterocycles. The van der Waals surface area contributed by atoms with Crippen molar-refractivity contribution in [2.24, 2.45) is 5.73 Å². The van der Waals surface area contributed by atoms with Crippen LogP contribution in [0.15, 0.2) is 23.8 Å². The molecular weight excluding hydrogens is 194 g/mol. The molecule has 82 valence electrons. The van der Waals surface area contributed by atoms with Crippen LogP contribution in [-0.4, -0.2) is 0 Å². The van der Waals surface area contributed by atoms with Crippen molar-refractivity contribution in [2.75, 3.05) is 0 Å². The number of hydrogen-bond acceptors (Lipinski definition) is 1. The van der Waals surface area contributed by atoms with Gasteiger partial charge in [0.1, 0.15) is 0 Å². The Kier molecular flexibility index (Phi) is 2.13. The van der Waals surface area contributed by atoms with E-state index in [1.165, 1.54) is 52.8 Å². The maximum atomic E-state index is 6.32. The highest BCUT2D eigenvalue weighted by Gasteiger charge is 2.23. The minimum absolute atomic E-state index is 1.04.